The number of anilines is 1. The van der Waals surface area contributed by atoms with Crippen molar-refractivity contribution >= 4 is 44.2 Å². The van der Waals surface area contributed by atoms with E-state index in [9.17, 15) is 4.79 Å². The molecule has 2 aromatic heterocycles. The monoisotopic (exact) mass is 382 g/mol. The number of carbonyl (C=O) groups excluding carboxylic acids is 1. The molecule has 0 saturated heterocycles. The molecule has 6 heteroatoms. The highest BCUT2D eigenvalue weighted by molar-refractivity contribution is 7.22. The van der Waals surface area contributed by atoms with Crippen molar-refractivity contribution in [3.05, 3.63) is 82.8 Å². The quantitative estimate of drug-likeness (QED) is 0.455. The van der Waals surface area contributed by atoms with Gasteiger partial charge < -0.3 is 4.42 Å². The second kappa shape index (κ2) is 6.94. The first kappa shape index (κ1) is 16.8. The third kappa shape index (κ3) is 3.36. The Bertz CT molecular complexity index is 1060. The van der Waals surface area contributed by atoms with Crippen LogP contribution in [0, 0.1) is 6.92 Å². The Morgan fingerprint density at radius 3 is 2.73 bits per heavy atom. The predicted octanol–water partition coefficient (Wildman–Crippen LogP) is 5.70. The summed E-state index contributed by atoms with van der Waals surface area (Å²) in [6.07, 6.45) is 1.60. The first-order valence-corrected chi connectivity index (χ1v) is 9.26. The van der Waals surface area contributed by atoms with E-state index in [2.05, 4.69) is 11.1 Å². The number of fused-ring (bicyclic) bond motifs is 1. The molecule has 0 fully saturated rings. The average molecular weight is 383 g/mol. The Labute approximate surface area is 159 Å². The molecule has 0 bridgehead atoms. The van der Waals surface area contributed by atoms with E-state index in [1.54, 1.807) is 35.4 Å². The van der Waals surface area contributed by atoms with Crippen LogP contribution in [-0.4, -0.2) is 10.9 Å². The van der Waals surface area contributed by atoms with Crippen LogP contribution in [0.15, 0.2) is 65.3 Å². The summed E-state index contributed by atoms with van der Waals surface area (Å²) in [7, 11) is 0. The van der Waals surface area contributed by atoms with E-state index < -0.39 is 0 Å². The summed E-state index contributed by atoms with van der Waals surface area (Å²) in [4.78, 5) is 19.4. The van der Waals surface area contributed by atoms with Gasteiger partial charge in [-0.15, -0.1) is 0 Å². The van der Waals surface area contributed by atoms with E-state index in [0.29, 0.717) is 28.0 Å². The first-order chi connectivity index (χ1) is 12.6. The molecule has 1 amide bonds. The topological polar surface area (TPSA) is 46.3 Å². The SMILES string of the molecule is Cc1ccc2nc(N(Cc3ccco3)C(=O)c3ccc(Cl)cc3)sc2c1. The van der Waals surface area contributed by atoms with Gasteiger partial charge in [-0.2, -0.15) is 0 Å². The largest absolute Gasteiger partial charge is 0.467 e. The molecule has 0 saturated carbocycles. The third-order valence-electron chi connectivity index (χ3n) is 3.99. The van der Waals surface area contributed by atoms with Crippen LogP contribution in [0.4, 0.5) is 5.13 Å². The predicted molar refractivity (Wildman–Crippen MR) is 105 cm³/mol. The van der Waals surface area contributed by atoms with Crippen molar-refractivity contribution in [3.63, 3.8) is 0 Å². The number of hydrogen-bond acceptors (Lipinski definition) is 4. The molecule has 26 heavy (non-hydrogen) atoms. The molecule has 0 radical (unpaired) electrons. The van der Waals surface area contributed by atoms with E-state index in [1.165, 1.54) is 11.3 Å². The average Bonchev–Trinajstić information content (AvgIpc) is 3.28. The molecule has 2 aromatic carbocycles. The number of hydrogen-bond donors (Lipinski definition) is 0. The van der Waals surface area contributed by atoms with Crippen LogP contribution in [0.5, 0.6) is 0 Å². The van der Waals surface area contributed by atoms with Gasteiger partial charge in [0.25, 0.3) is 5.91 Å². The van der Waals surface area contributed by atoms with Gasteiger partial charge in [-0.3, -0.25) is 9.69 Å². The highest BCUT2D eigenvalue weighted by atomic mass is 35.5. The molecule has 0 unspecified atom stereocenters. The normalized spacial score (nSPS) is 11.0. The molecule has 0 aliphatic heterocycles. The zero-order valence-corrected chi connectivity index (χ0v) is 15.6. The van der Waals surface area contributed by atoms with Gasteiger partial charge in [-0.25, -0.2) is 4.98 Å². The molecule has 4 aromatic rings. The molecule has 4 rings (SSSR count). The molecule has 0 N–H and O–H groups in total. The van der Waals surface area contributed by atoms with Crippen LogP contribution >= 0.6 is 22.9 Å². The smallest absolute Gasteiger partial charge is 0.260 e. The molecule has 0 aliphatic carbocycles. The van der Waals surface area contributed by atoms with Crippen molar-refractivity contribution in [2.45, 2.75) is 13.5 Å². The lowest BCUT2D eigenvalue weighted by Crippen LogP contribution is -2.30. The van der Waals surface area contributed by atoms with E-state index in [0.717, 1.165) is 15.8 Å². The van der Waals surface area contributed by atoms with E-state index in [4.69, 9.17) is 16.0 Å². The Morgan fingerprint density at radius 2 is 2.00 bits per heavy atom. The van der Waals surface area contributed by atoms with Crippen LogP contribution in [0.3, 0.4) is 0 Å². The summed E-state index contributed by atoms with van der Waals surface area (Å²) in [5, 5.41) is 1.23. The lowest BCUT2D eigenvalue weighted by molar-refractivity contribution is 0.0983. The third-order valence-corrected chi connectivity index (χ3v) is 5.29. The standard InChI is InChI=1S/C20H15ClN2O2S/c1-13-4-9-17-18(11-13)26-20(22-17)23(12-16-3-2-10-25-16)19(24)14-5-7-15(21)8-6-14/h2-11H,12H2,1H3. The first-order valence-electron chi connectivity index (χ1n) is 8.07. The summed E-state index contributed by atoms with van der Waals surface area (Å²) >= 11 is 7.44. The molecule has 2 heterocycles. The maximum absolute atomic E-state index is 13.1. The van der Waals surface area contributed by atoms with Gasteiger partial charge in [0.1, 0.15) is 5.76 Å². The number of carbonyl (C=O) groups is 1. The number of aromatic nitrogens is 1. The van der Waals surface area contributed by atoms with Gasteiger partial charge in [-0.1, -0.05) is 29.0 Å². The fourth-order valence-corrected chi connectivity index (χ4v) is 3.86. The summed E-state index contributed by atoms with van der Waals surface area (Å²) < 4.78 is 6.50. The summed E-state index contributed by atoms with van der Waals surface area (Å²) in [5.74, 6) is 0.552. The molecular weight excluding hydrogens is 368 g/mol. The van der Waals surface area contributed by atoms with E-state index >= 15 is 0 Å². The fraction of sp³-hybridized carbons (Fsp3) is 0.100. The maximum Gasteiger partial charge on any atom is 0.260 e. The zero-order valence-electron chi connectivity index (χ0n) is 14.0. The number of furan rings is 1. The van der Waals surface area contributed by atoms with E-state index in [-0.39, 0.29) is 5.91 Å². The number of benzene rings is 2. The Hall–Kier alpha value is -2.63. The highest BCUT2D eigenvalue weighted by Gasteiger charge is 2.22. The fourth-order valence-electron chi connectivity index (χ4n) is 2.67. The minimum absolute atomic E-state index is 0.145. The molecular formula is C20H15ClN2O2S. The minimum atomic E-state index is -0.145. The van der Waals surface area contributed by atoms with Crippen molar-refractivity contribution in [2.24, 2.45) is 0 Å². The summed E-state index contributed by atoms with van der Waals surface area (Å²) in [6, 6.07) is 16.6. The molecule has 0 aliphatic rings. The van der Waals surface area contributed by atoms with E-state index in [1.807, 2.05) is 31.2 Å². The number of thiazole rings is 1. The van der Waals surface area contributed by atoms with Crippen LogP contribution in [0.25, 0.3) is 10.2 Å². The van der Waals surface area contributed by atoms with Gasteiger partial charge in [0.05, 0.1) is 23.0 Å². The maximum atomic E-state index is 13.1. The summed E-state index contributed by atoms with van der Waals surface area (Å²) in [6.45, 7) is 2.35. The number of halogens is 1. The molecule has 4 nitrogen and oxygen atoms in total. The van der Waals surface area contributed by atoms with Crippen molar-refractivity contribution in [1.29, 1.82) is 0 Å². The number of rotatable bonds is 4. The van der Waals surface area contributed by atoms with Crippen LogP contribution in [0.1, 0.15) is 21.7 Å². The van der Waals surface area contributed by atoms with Crippen LogP contribution in [0.2, 0.25) is 5.02 Å². The Morgan fingerprint density at radius 1 is 1.19 bits per heavy atom. The van der Waals surface area contributed by atoms with Crippen molar-refractivity contribution in [2.75, 3.05) is 4.90 Å². The van der Waals surface area contributed by atoms with Gasteiger partial charge in [0.15, 0.2) is 5.13 Å². The van der Waals surface area contributed by atoms with Crippen molar-refractivity contribution in [1.82, 2.24) is 4.98 Å². The molecule has 0 spiro atoms. The van der Waals surface area contributed by atoms with Gasteiger partial charge >= 0.3 is 0 Å². The Balaban J connectivity index is 1.76. The van der Waals surface area contributed by atoms with Gasteiger partial charge in [0.2, 0.25) is 0 Å². The second-order valence-electron chi connectivity index (χ2n) is 5.95. The molecule has 0 atom stereocenters. The van der Waals surface area contributed by atoms with Crippen LogP contribution < -0.4 is 4.90 Å². The highest BCUT2D eigenvalue weighted by Crippen LogP contribution is 2.31. The van der Waals surface area contributed by atoms with Crippen molar-refractivity contribution < 1.29 is 9.21 Å². The minimum Gasteiger partial charge on any atom is -0.467 e. The lowest BCUT2D eigenvalue weighted by atomic mass is 10.2. The second-order valence-corrected chi connectivity index (χ2v) is 7.39. The number of nitrogens with zero attached hydrogens (tertiary/aromatic N) is 2. The van der Waals surface area contributed by atoms with Crippen LogP contribution in [-0.2, 0) is 6.54 Å². The van der Waals surface area contributed by atoms with Gasteiger partial charge in [-0.05, 0) is 61.0 Å². The number of amides is 1. The summed E-state index contributed by atoms with van der Waals surface area (Å²) in [5.41, 5.74) is 2.59. The number of aryl methyl sites for hydroxylation is 1. The molecule has 130 valence electrons. The van der Waals surface area contributed by atoms with Gasteiger partial charge in [0, 0.05) is 10.6 Å². The zero-order chi connectivity index (χ0) is 18.1. The lowest BCUT2D eigenvalue weighted by Gasteiger charge is -2.18. The van der Waals surface area contributed by atoms with Crippen molar-refractivity contribution in [3.8, 4) is 0 Å². The Kier molecular flexibility index (Phi) is 4.49.